The van der Waals surface area contributed by atoms with Gasteiger partial charge in [0, 0.05) is 10.8 Å². The number of aliphatic hydroxyl groups is 9. The van der Waals surface area contributed by atoms with E-state index >= 15 is 0 Å². The molecule has 2 unspecified atom stereocenters. The van der Waals surface area contributed by atoms with Crippen LogP contribution in [0.1, 0.15) is 19.3 Å². The summed E-state index contributed by atoms with van der Waals surface area (Å²) in [5, 5.41) is 85.7. The molecule has 9 heteroatoms. The van der Waals surface area contributed by atoms with E-state index in [2.05, 4.69) is 0 Å². The fraction of sp³-hybridized carbons (Fsp3) is 1.00. The molecule has 0 radical (unpaired) electrons. The zero-order valence-electron chi connectivity index (χ0n) is 13.2. The van der Waals surface area contributed by atoms with Gasteiger partial charge in [-0.15, -0.1) is 0 Å². The van der Waals surface area contributed by atoms with Gasteiger partial charge < -0.3 is 46.0 Å². The molecule has 23 heavy (non-hydrogen) atoms. The third-order valence-corrected chi connectivity index (χ3v) is 4.58. The molecule has 9 nitrogen and oxygen atoms in total. The minimum Gasteiger partial charge on any atom is -0.396 e. The molecule has 0 spiro atoms. The molecule has 0 bridgehead atoms. The van der Waals surface area contributed by atoms with Gasteiger partial charge in [-0.3, -0.25) is 0 Å². The normalized spacial score (nSPS) is 17.1. The van der Waals surface area contributed by atoms with Crippen LogP contribution in [0.25, 0.3) is 0 Å². The lowest BCUT2D eigenvalue weighted by Crippen LogP contribution is -2.52. The molecular weight excluding hydrogens is 312 g/mol. The Morgan fingerprint density at radius 3 is 1.30 bits per heavy atom. The Morgan fingerprint density at radius 2 is 1.00 bits per heavy atom. The average Bonchev–Trinajstić information content (AvgIpc) is 2.60. The van der Waals surface area contributed by atoms with Gasteiger partial charge in [0.15, 0.2) is 0 Å². The van der Waals surface area contributed by atoms with Crippen molar-refractivity contribution in [3.8, 4) is 0 Å². The van der Waals surface area contributed by atoms with Gasteiger partial charge in [-0.05, 0) is 19.3 Å². The van der Waals surface area contributed by atoms with Crippen LogP contribution in [-0.2, 0) is 0 Å². The summed E-state index contributed by atoms with van der Waals surface area (Å²) in [5.74, 6) is 0. The largest absolute Gasteiger partial charge is 0.396 e. The van der Waals surface area contributed by atoms with Crippen molar-refractivity contribution in [1.29, 1.82) is 0 Å². The predicted octanol–water partition coefficient (Wildman–Crippen LogP) is -3.83. The van der Waals surface area contributed by atoms with E-state index in [1.54, 1.807) is 0 Å². The maximum Gasteiger partial charge on any atom is 0.106 e. The summed E-state index contributed by atoms with van der Waals surface area (Å²) in [7, 11) is 0. The van der Waals surface area contributed by atoms with Crippen LogP contribution in [0.2, 0.25) is 0 Å². The maximum absolute atomic E-state index is 10.7. The third kappa shape index (κ3) is 5.59. The minimum absolute atomic E-state index is 0.0948. The summed E-state index contributed by atoms with van der Waals surface area (Å²) in [6, 6.07) is 0. The van der Waals surface area contributed by atoms with E-state index in [9.17, 15) is 40.9 Å². The van der Waals surface area contributed by atoms with Crippen molar-refractivity contribution in [2.45, 2.75) is 31.0 Å². The van der Waals surface area contributed by atoms with Crippen molar-refractivity contribution in [1.82, 2.24) is 0 Å². The number of aliphatic hydroxyl groups excluding tert-OH is 8. The lowest BCUT2D eigenvalue weighted by Gasteiger charge is -2.41. The summed E-state index contributed by atoms with van der Waals surface area (Å²) in [5.41, 5.74) is -4.78. The van der Waals surface area contributed by atoms with Crippen LogP contribution in [0, 0.1) is 10.8 Å². The molecule has 0 fully saturated rings. The molecule has 0 aromatic heterocycles. The van der Waals surface area contributed by atoms with E-state index in [0.29, 0.717) is 0 Å². The Balaban J connectivity index is 5.34. The summed E-state index contributed by atoms with van der Waals surface area (Å²) in [6.07, 6.45) is -2.41. The second-order valence-electron chi connectivity index (χ2n) is 6.43. The molecule has 9 N–H and O–H groups in total. The number of hydrogen-bond acceptors (Lipinski definition) is 9. The summed E-state index contributed by atoms with van der Waals surface area (Å²) < 4.78 is 0. The highest BCUT2D eigenvalue weighted by Gasteiger charge is 2.45. The van der Waals surface area contributed by atoms with Crippen molar-refractivity contribution in [3.63, 3.8) is 0 Å². The molecular formula is C14H30O9. The van der Waals surface area contributed by atoms with Gasteiger partial charge in [0.1, 0.15) is 6.10 Å². The van der Waals surface area contributed by atoms with Crippen molar-refractivity contribution in [2.75, 3.05) is 46.2 Å². The monoisotopic (exact) mass is 342 g/mol. The fourth-order valence-corrected chi connectivity index (χ4v) is 2.38. The first-order valence-electron chi connectivity index (χ1n) is 7.43. The molecule has 0 aliphatic rings. The first-order chi connectivity index (χ1) is 10.8. The van der Waals surface area contributed by atoms with E-state index in [1.807, 2.05) is 0 Å². The van der Waals surface area contributed by atoms with Gasteiger partial charge in [-0.25, -0.2) is 0 Å². The van der Waals surface area contributed by atoms with Crippen LogP contribution in [0.3, 0.4) is 0 Å². The smallest absolute Gasteiger partial charge is 0.106 e. The van der Waals surface area contributed by atoms with Crippen LogP contribution in [-0.4, -0.2) is 104 Å². The standard InChI is InChI=1S/C14H30O9/c15-3-11(22)14(23,4-13(8-19,9-20)10-21)2-1-12(5-16,6-17)7-18/h11,15-23H,1-10H2. The Hall–Kier alpha value is -0.360. The first-order valence-corrected chi connectivity index (χ1v) is 7.43. The molecule has 140 valence electrons. The molecule has 0 aromatic carbocycles. The fourth-order valence-electron chi connectivity index (χ4n) is 2.38. The molecule has 0 saturated carbocycles. The van der Waals surface area contributed by atoms with Crippen LogP contribution in [0.15, 0.2) is 0 Å². The van der Waals surface area contributed by atoms with Crippen molar-refractivity contribution in [2.24, 2.45) is 10.8 Å². The van der Waals surface area contributed by atoms with Gasteiger partial charge >= 0.3 is 0 Å². The number of rotatable bonds is 13. The first kappa shape index (κ1) is 22.6. The van der Waals surface area contributed by atoms with Crippen LogP contribution >= 0.6 is 0 Å². The zero-order chi connectivity index (χ0) is 18.1. The van der Waals surface area contributed by atoms with E-state index in [-0.39, 0.29) is 12.8 Å². The predicted molar refractivity (Wildman–Crippen MR) is 79.3 cm³/mol. The molecule has 0 aromatic rings. The van der Waals surface area contributed by atoms with E-state index in [1.165, 1.54) is 0 Å². The Bertz CT molecular complexity index is 301. The van der Waals surface area contributed by atoms with Crippen LogP contribution in [0.5, 0.6) is 0 Å². The second-order valence-corrected chi connectivity index (χ2v) is 6.43. The molecule has 0 aliphatic heterocycles. The summed E-state index contributed by atoms with van der Waals surface area (Å²) >= 11 is 0. The van der Waals surface area contributed by atoms with Gasteiger partial charge in [0.05, 0.1) is 51.8 Å². The quantitative estimate of drug-likeness (QED) is 0.162. The van der Waals surface area contributed by atoms with Gasteiger partial charge in [-0.2, -0.15) is 0 Å². The Labute approximate surface area is 135 Å². The second kappa shape index (κ2) is 9.82. The van der Waals surface area contributed by atoms with Crippen LogP contribution in [0.4, 0.5) is 0 Å². The molecule has 0 rings (SSSR count). The maximum atomic E-state index is 10.7. The van der Waals surface area contributed by atoms with Crippen molar-refractivity contribution in [3.05, 3.63) is 0 Å². The molecule has 0 amide bonds. The highest BCUT2D eigenvalue weighted by atomic mass is 16.4. The SMILES string of the molecule is OCC(O)C(O)(CCC(CO)(CO)CO)CC(CO)(CO)CO. The Kier molecular flexibility index (Phi) is 9.67. The van der Waals surface area contributed by atoms with E-state index in [0.717, 1.165) is 0 Å². The Morgan fingerprint density at radius 1 is 0.609 bits per heavy atom. The van der Waals surface area contributed by atoms with Gasteiger partial charge in [0.2, 0.25) is 0 Å². The minimum atomic E-state index is -2.01. The molecule has 2 atom stereocenters. The van der Waals surface area contributed by atoms with Crippen molar-refractivity contribution < 1.29 is 46.0 Å². The highest BCUT2D eigenvalue weighted by Crippen LogP contribution is 2.36. The lowest BCUT2D eigenvalue weighted by atomic mass is 9.72. The topological polar surface area (TPSA) is 182 Å². The van der Waals surface area contributed by atoms with E-state index < -0.39 is 75.2 Å². The third-order valence-electron chi connectivity index (χ3n) is 4.58. The van der Waals surface area contributed by atoms with Crippen molar-refractivity contribution >= 4 is 0 Å². The molecule has 0 aliphatic carbocycles. The zero-order valence-corrected chi connectivity index (χ0v) is 13.2. The van der Waals surface area contributed by atoms with E-state index in [4.69, 9.17) is 5.11 Å². The van der Waals surface area contributed by atoms with Crippen LogP contribution < -0.4 is 0 Å². The highest BCUT2D eigenvalue weighted by molar-refractivity contribution is 4.96. The summed E-state index contributed by atoms with van der Waals surface area (Å²) in [6.45, 7) is -4.47. The molecule has 0 saturated heterocycles. The summed E-state index contributed by atoms with van der Waals surface area (Å²) in [4.78, 5) is 0. The number of hydrogen-bond donors (Lipinski definition) is 9. The lowest BCUT2D eigenvalue weighted by molar-refractivity contribution is -0.150. The average molecular weight is 342 g/mol. The molecule has 0 heterocycles. The van der Waals surface area contributed by atoms with Gasteiger partial charge in [-0.1, -0.05) is 0 Å². The van der Waals surface area contributed by atoms with Gasteiger partial charge in [0.25, 0.3) is 0 Å².